The van der Waals surface area contributed by atoms with Crippen molar-refractivity contribution in [1.82, 2.24) is 20.0 Å². The molecule has 26 heavy (non-hydrogen) atoms. The second-order valence-corrected chi connectivity index (χ2v) is 6.85. The summed E-state index contributed by atoms with van der Waals surface area (Å²) in [5, 5.41) is 7.90. The lowest BCUT2D eigenvalue weighted by molar-refractivity contribution is 0.0750. The molecular formula is C20H27FN4O. The van der Waals surface area contributed by atoms with Crippen LogP contribution in [0.1, 0.15) is 48.3 Å². The van der Waals surface area contributed by atoms with E-state index in [1.54, 1.807) is 6.07 Å². The van der Waals surface area contributed by atoms with Crippen molar-refractivity contribution in [2.24, 2.45) is 0 Å². The molecule has 3 rings (SSSR count). The van der Waals surface area contributed by atoms with Crippen LogP contribution >= 0.6 is 0 Å². The molecule has 0 spiro atoms. The van der Waals surface area contributed by atoms with Gasteiger partial charge in [0.2, 0.25) is 0 Å². The van der Waals surface area contributed by atoms with Gasteiger partial charge in [0.05, 0.1) is 6.04 Å². The molecule has 6 heteroatoms. The van der Waals surface area contributed by atoms with Gasteiger partial charge in [-0.3, -0.25) is 9.48 Å². The summed E-state index contributed by atoms with van der Waals surface area (Å²) < 4.78 is 15.3. The van der Waals surface area contributed by atoms with E-state index in [-0.39, 0.29) is 11.7 Å². The summed E-state index contributed by atoms with van der Waals surface area (Å²) in [6.45, 7) is 5.23. The maximum atomic E-state index is 13.3. The van der Waals surface area contributed by atoms with E-state index >= 15 is 0 Å². The molecule has 1 amide bonds. The summed E-state index contributed by atoms with van der Waals surface area (Å²) in [6.07, 6.45) is 5.63. The number of nitrogens with zero attached hydrogens (tertiary/aromatic N) is 3. The Hall–Kier alpha value is -2.21. The van der Waals surface area contributed by atoms with Crippen molar-refractivity contribution in [3.05, 3.63) is 53.6 Å². The summed E-state index contributed by atoms with van der Waals surface area (Å²) >= 11 is 0. The molecule has 1 atom stereocenters. The molecule has 1 N–H and O–H groups in total. The minimum absolute atomic E-state index is 0.0502. The third kappa shape index (κ3) is 4.69. The molecule has 140 valence electrons. The SMILES string of the molecule is CCCN(CCc1cccc(F)c1)C(=O)c1ccn(C2CCCNC2)n1. The molecule has 1 aliphatic rings. The monoisotopic (exact) mass is 358 g/mol. The second-order valence-electron chi connectivity index (χ2n) is 6.85. The predicted octanol–water partition coefficient (Wildman–Crippen LogP) is 3.04. The quantitative estimate of drug-likeness (QED) is 0.828. The lowest BCUT2D eigenvalue weighted by Crippen LogP contribution is -2.35. The first-order valence-electron chi connectivity index (χ1n) is 9.47. The number of benzene rings is 1. The van der Waals surface area contributed by atoms with Crippen LogP contribution in [0.2, 0.25) is 0 Å². The molecular weight excluding hydrogens is 331 g/mol. The Bertz CT molecular complexity index is 724. The molecule has 5 nitrogen and oxygen atoms in total. The zero-order chi connectivity index (χ0) is 18.4. The third-order valence-electron chi connectivity index (χ3n) is 4.81. The number of aromatic nitrogens is 2. The molecule has 2 aromatic rings. The molecule has 1 aromatic carbocycles. The lowest BCUT2D eigenvalue weighted by Gasteiger charge is -2.23. The van der Waals surface area contributed by atoms with Crippen LogP contribution in [0.4, 0.5) is 4.39 Å². The van der Waals surface area contributed by atoms with Gasteiger partial charge >= 0.3 is 0 Å². The van der Waals surface area contributed by atoms with Gasteiger partial charge in [0.1, 0.15) is 11.5 Å². The number of carbonyl (C=O) groups excluding carboxylic acids is 1. The fourth-order valence-corrected chi connectivity index (χ4v) is 3.42. The fourth-order valence-electron chi connectivity index (χ4n) is 3.42. The Morgan fingerprint density at radius 2 is 2.27 bits per heavy atom. The van der Waals surface area contributed by atoms with Crippen LogP contribution in [0.15, 0.2) is 36.5 Å². The van der Waals surface area contributed by atoms with Crippen molar-refractivity contribution in [2.45, 2.75) is 38.6 Å². The molecule has 1 saturated heterocycles. The van der Waals surface area contributed by atoms with Crippen LogP contribution in [0.5, 0.6) is 0 Å². The Morgan fingerprint density at radius 1 is 1.38 bits per heavy atom. The highest BCUT2D eigenvalue weighted by Crippen LogP contribution is 2.16. The standard InChI is InChI=1S/C20H27FN4O/c1-2-11-24(12-8-16-5-3-6-17(21)14-16)20(26)19-9-13-25(23-19)18-7-4-10-22-15-18/h3,5-6,9,13-14,18,22H,2,4,7-8,10-12,15H2,1H3. The lowest BCUT2D eigenvalue weighted by atomic mass is 10.1. The Balaban J connectivity index is 1.65. The van der Waals surface area contributed by atoms with E-state index in [4.69, 9.17) is 0 Å². The van der Waals surface area contributed by atoms with Crippen molar-refractivity contribution in [2.75, 3.05) is 26.2 Å². The van der Waals surface area contributed by atoms with Crippen molar-refractivity contribution in [3.63, 3.8) is 0 Å². The average Bonchev–Trinajstić information content (AvgIpc) is 3.15. The average molecular weight is 358 g/mol. The van der Waals surface area contributed by atoms with Crippen LogP contribution in [0.3, 0.4) is 0 Å². The van der Waals surface area contributed by atoms with Gasteiger partial charge in [-0.05, 0) is 56.0 Å². The summed E-state index contributed by atoms with van der Waals surface area (Å²) in [5.41, 5.74) is 1.39. The summed E-state index contributed by atoms with van der Waals surface area (Å²) in [7, 11) is 0. The maximum Gasteiger partial charge on any atom is 0.274 e. The van der Waals surface area contributed by atoms with Crippen LogP contribution < -0.4 is 5.32 Å². The van der Waals surface area contributed by atoms with E-state index in [2.05, 4.69) is 17.3 Å². The largest absolute Gasteiger partial charge is 0.337 e. The Morgan fingerprint density at radius 3 is 3.00 bits per heavy atom. The van der Waals surface area contributed by atoms with Crippen molar-refractivity contribution in [1.29, 1.82) is 0 Å². The molecule has 1 fully saturated rings. The smallest absolute Gasteiger partial charge is 0.274 e. The van der Waals surface area contributed by atoms with Gasteiger partial charge in [0.25, 0.3) is 5.91 Å². The third-order valence-corrected chi connectivity index (χ3v) is 4.81. The number of nitrogens with one attached hydrogen (secondary N) is 1. The number of carbonyl (C=O) groups is 1. The van der Waals surface area contributed by atoms with Gasteiger partial charge in [-0.15, -0.1) is 0 Å². The van der Waals surface area contributed by atoms with Crippen LogP contribution in [-0.4, -0.2) is 46.8 Å². The van der Waals surface area contributed by atoms with E-state index in [1.165, 1.54) is 12.1 Å². The minimum Gasteiger partial charge on any atom is -0.337 e. The summed E-state index contributed by atoms with van der Waals surface area (Å²) in [5.74, 6) is -0.290. The van der Waals surface area contributed by atoms with E-state index in [0.29, 0.717) is 31.2 Å². The van der Waals surface area contributed by atoms with Gasteiger partial charge in [0.15, 0.2) is 0 Å². The summed E-state index contributed by atoms with van der Waals surface area (Å²) in [6, 6.07) is 8.68. The fraction of sp³-hybridized carbons (Fsp3) is 0.500. The molecule has 0 aliphatic carbocycles. The molecule has 2 heterocycles. The van der Waals surface area contributed by atoms with Crippen LogP contribution in [-0.2, 0) is 6.42 Å². The highest BCUT2D eigenvalue weighted by atomic mass is 19.1. The van der Waals surface area contributed by atoms with Crippen molar-refractivity contribution >= 4 is 5.91 Å². The molecule has 1 unspecified atom stereocenters. The number of halogens is 1. The van der Waals surface area contributed by atoms with E-state index in [1.807, 2.05) is 27.9 Å². The van der Waals surface area contributed by atoms with Crippen LogP contribution in [0.25, 0.3) is 0 Å². The topological polar surface area (TPSA) is 50.2 Å². The van der Waals surface area contributed by atoms with Gasteiger partial charge in [-0.2, -0.15) is 5.10 Å². The number of piperidine rings is 1. The van der Waals surface area contributed by atoms with Gasteiger partial charge < -0.3 is 10.2 Å². The maximum absolute atomic E-state index is 13.3. The van der Waals surface area contributed by atoms with Gasteiger partial charge in [0, 0.05) is 25.8 Å². The van der Waals surface area contributed by atoms with E-state index in [9.17, 15) is 9.18 Å². The molecule has 1 aromatic heterocycles. The van der Waals surface area contributed by atoms with Crippen LogP contribution in [0, 0.1) is 5.82 Å². The molecule has 0 saturated carbocycles. The highest BCUT2D eigenvalue weighted by Gasteiger charge is 2.21. The first-order chi connectivity index (χ1) is 12.7. The normalized spacial score (nSPS) is 17.2. The first-order valence-corrected chi connectivity index (χ1v) is 9.47. The number of amides is 1. The number of hydrogen-bond acceptors (Lipinski definition) is 3. The Labute approximate surface area is 154 Å². The van der Waals surface area contributed by atoms with E-state index < -0.39 is 0 Å². The Kier molecular flexibility index (Phi) is 6.39. The molecule has 0 radical (unpaired) electrons. The van der Waals surface area contributed by atoms with E-state index in [0.717, 1.165) is 37.9 Å². The van der Waals surface area contributed by atoms with Crippen molar-refractivity contribution < 1.29 is 9.18 Å². The second kappa shape index (κ2) is 8.94. The number of rotatable bonds is 7. The van der Waals surface area contributed by atoms with Gasteiger partial charge in [-0.25, -0.2) is 4.39 Å². The number of hydrogen-bond donors (Lipinski definition) is 1. The first kappa shape index (κ1) is 18.6. The van der Waals surface area contributed by atoms with Crippen molar-refractivity contribution in [3.8, 4) is 0 Å². The minimum atomic E-state index is -0.240. The molecule has 0 bridgehead atoms. The predicted molar refractivity (Wildman–Crippen MR) is 99.7 cm³/mol. The summed E-state index contributed by atoms with van der Waals surface area (Å²) in [4.78, 5) is 14.7. The van der Waals surface area contributed by atoms with Gasteiger partial charge in [-0.1, -0.05) is 19.1 Å². The highest BCUT2D eigenvalue weighted by molar-refractivity contribution is 5.92. The zero-order valence-corrected chi connectivity index (χ0v) is 15.3. The zero-order valence-electron chi connectivity index (χ0n) is 15.3. The molecule has 1 aliphatic heterocycles.